The van der Waals surface area contributed by atoms with Crippen LogP contribution in [0.5, 0.6) is 0 Å². The van der Waals surface area contributed by atoms with Gasteiger partial charge in [-0.15, -0.1) is 11.3 Å². The smallest absolute Gasteiger partial charge is 0.269 e. The molecule has 2 aromatic rings. The third kappa shape index (κ3) is 2.55. The van der Waals surface area contributed by atoms with Gasteiger partial charge in [0.05, 0.1) is 5.00 Å². The molecule has 1 N–H and O–H groups in total. The van der Waals surface area contributed by atoms with Gasteiger partial charge in [-0.05, 0) is 23.1 Å². The number of hydrogen-bond acceptors (Lipinski definition) is 4. The molecule has 1 saturated heterocycles. The number of hydroxylamine groups is 1. The number of carbonyl (C=O) groups is 2. The third-order valence-corrected chi connectivity index (χ3v) is 4.20. The molecule has 1 aromatic heterocycles. The lowest BCUT2D eigenvalue weighted by atomic mass is 10.0. The van der Waals surface area contributed by atoms with Crippen molar-refractivity contribution in [3.63, 3.8) is 0 Å². The SMILES string of the molecule is CC(=O)N(c1cccs1)C1C(=O)NOC1c1ccccc1. The van der Waals surface area contributed by atoms with Gasteiger partial charge in [0.1, 0.15) is 6.10 Å². The number of nitrogens with zero attached hydrogens (tertiary/aromatic N) is 1. The molecule has 0 aliphatic carbocycles. The van der Waals surface area contributed by atoms with Gasteiger partial charge in [-0.25, -0.2) is 5.48 Å². The van der Waals surface area contributed by atoms with Gasteiger partial charge in [-0.1, -0.05) is 30.3 Å². The first kappa shape index (κ1) is 13.8. The Morgan fingerprint density at radius 2 is 2.00 bits per heavy atom. The van der Waals surface area contributed by atoms with Crippen LogP contribution in [0.3, 0.4) is 0 Å². The molecule has 1 aliphatic heterocycles. The summed E-state index contributed by atoms with van der Waals surface area (Å²) in [6.45, 7) is 1.45. The number of anilines is 1. The van der Waals surface area contributed by atoms with Crippen molar-refractivity contribution in [1.82, 2.24) is 5.48 Å². The zero-order valence-corrected chi connectivity index (χ0v) is 12.2. The van der Waals surface area contributed by atoms with Crippen molar-refractivity contribution in [3.8, 4) is 0 Å². The quantitative estimate of drug-likeness (QED) is 0.946. The summed E-state index contributed by atoms with van der Waals surface area (Å²) in [5, 5.41) is 2.60. The van der Waals surface area contributed by atoms with Crippen LogP contribution < -0.4 is 10.4 Å². The minimum absolute atomic E-state index is 0.191. The average Bonchev–Trinajstić information content (AvgIpc) is 3.12. The van der Waals surface area contributed by atoms with Crippen molar-refractivity contribution in [3.05, 3.63) is 53.4 Å². The zero-order valence-electron chi connectivity index (χ0n) is 11.4. The number of amides is 2. The van der Waals surface area contributed by atoms with Gasteiger partial charge < -0.3 is 0 Å². The molecular weight excluding hydrogens is 288 g/mol. The second-order valence-corrected chi connectivity index (χ2v) is 5.63. The van der Waals surface area contributed by atoms with Gasteiger partial charge in [0.25, 0.3) is 5.91 Å². The van der Waals surface area contributed by atoms with Crippen molar-refractivity contribution in [2.24, 2.45) is 0 Å². The van der Waals surface area contributed by atoms with Gasteiger partial charge in [0, 0.05) is 6.92 Å². The fourth-order valence-electron chi connectivity index (χ4n) is 2.42. The molecule has 0 radical (unpaired) electrons. The lowest BCUT2D eigenvalue weighted by molar-refractivity contribution is -0.126. The first-order valence-corrected chi connectivity index (χ1v) is 7.40. The minimum Gasteiger partial charge on any atom is -0.288 e. The molecular formula is C15H14N2O3S. The van der Waals surface area contributed by atoms with E-state index < -0.39 is 12.1 Å². The van der Waals surface area contributed by atoms with Gasteiger partial charge in [-0.3, -0.25) is 19.3 Å². The predicted molar refractivity (Wildman–Crippen MR) is 79.7 cm³/mol. The Kier molecular flexibility index (Phi) is 3.72. The molecule has 3 rings (SSSR count). The van der Waals surface area contributed by atoms with Gasteiger partial charge in [-0.2, -0.15) is 0 Å². The molecule has 0 saturated carbocycles. The highest BCUT2D eigenvalue weighted by molar-refractivity contribution is 7.14. The van der Waals surface area contributed by atoms with Crippen molar-refractivity contribution in [1.29, 1.82) is 0 Å². The van der Waals surface area contributed by atoms with Crippen molar-refractivity contribution in [2.75, 3.05) is 4.90 Å². The van der Waals surface area contributed by atoms with Crippen LogP contribution in [0.1, 0.15) is 18.6 Å². The molecule has 21 heavy (non-hydrogen) atoms. The van der Waals surface area contributed by atoms with Crippen LogP contribution in [0.25, 0.3) is 0 Å². The molecule has 1 aliphatic rings. The van der Waals surface area contributed by atoms with E-state index >= 15 is 0 Å². The van der Waals surface area contributed by atoms with Crippen LogP contribution >= 0.6 is 11.3 Å². The van der Waals surface area contributed by atoms with E-state index in [4.69, 9.17) is 4.84 Å². The molecule has 2 unspecified atom stereocenters. The van der Waals surface area contributed by atoms with E-state index in [1.165, 1.54) is 23.2 Å². The highest BCUT2D eigenvalue weighted by atomic mass is 32.1. The van der Waals surface area contributed by atoms with Crippen LogP contribution in [0.4, 0.5) is 5.00 Å². The van der Waals surface area contributed by atoms with Gasteiger partial charge in [0.15, 0.2) is 6.04 Å². The standard InChI is InChI=1S/C15H14N2O3S/c1-10(18)17(12-8-5-9-21-12)13-14(20-16-15(13)19)11-6-3-2-4-7-11/h2-9,13-14H,1H3,(H,16,19). The second kappa shape index (κ2) is 5.67. The fraction of sp³-hybridized carbons (Fsp3) is 0.200. The van der Waals surface area contributed by atoms with Crippen LogP contribution in [0.15, 0.2) is 47.8 Å². The number of nitrogens with one attached hydrogen (secondary N) is 1. The number of thiophene rings is 1. The maximum Gasteiger partial charge on any atom is 0.269 e. The van der Waals surface area contributed by atoms with Gasteiger partial charge in [0.2, 0.25) is 5.91 Å². The summed E-state index contributed by atoms with van der Waals surface area (Å²) in [5.41, 5.74) is 3.24. The van der Waals surface area contributed by atoms with Crippen LogP contribution in [-0.4, -0.2) is 17.9 Å². The van der Waals surface area contributed by atoms with E-state index in [1.54, 1.807) is 0 Å². The van der Waals surface area contributed by atoms with E-state index in [1.807, 2.05) is 47.8 Å². The zero-order chi connectivity index (χ0) is 14.8. The van der Waals surface area contributed by atoms with Crippen molar-refractivity contribution >= 4 is 28.2 Å². The van der Waals surface area contributed by atoms with E-state index in [0.717, 1.165) is 10.6 Å². The first-order chi connectivity index (χ1) is 10.2. The highest BCUT2D eigenvalue weighted by Crippen LogP contribution is 2.33. The molecule has 6 heteroatoms. The van der Waals surface area contributed by atoms with Crippen LogP contribution in [0, 0.1) is 0 Å². The second-order valence-electron chi connectivity index (χ2n) is 4.70. The maximum atomic E-state index is 12.2. The molecule has 1 aromatic carbocycles. The van der Waals surface area contributed by atoms with E-state index in [9.17, 15) is 9.59 Å². The topological polar surface area (TPSA) is 58.6 Å². The maximum absolute atomic E-state index is 12.2. The summed E-state index contributed by atoms with van der Waals surface area (Å²) in [4.78, 5) is 31.1. The molecule has 2 amide bonds. The average molecular weight is 302 g/mol. The summed E-state index contributed by atoms with van der Waals surface area (Å²) < 4.78 is 0. The summed E-state index contributed by atoms with van der Waals surface area (Å²) in [6.07, 6.45) is -0.523. The van der Waals surface area contributed by atoms with E-state index in [-0.39, 0.29) is 11.8 Å². The Balaban J connectivity index is 2.00. The first-order valence-electron chi connectivity index (χ1n) is 6.52. The van der Waals surface area contributed by atoms with E-state index in [0.29, 0.717) is 0 Å². The number of hydrogen-bond donors (Lipinski definition) is 1. The molecule has 0 bridgehead atoms. The predicted octanol–water partition coefficient (Wildman–Crippen LogP) is 2.27. The molecule has 2 heterocycles. The third-order valence-electron chi connectivity index (χ3n) is 3.33. The summed E-state index contributed by atoms with van der Waals surface area (Å²) in [6, 6.07) is 12.4. The van der Waals surface area contributed by atoms with Crippen molar-refractivity contribution < 1.29 is 14.4 Å². The lowest BCUT2D eigenvalue weighted by Crippen LogP contribution is -2.45. The Labute approximate surface area is 126 Å². The summed E-state index contributed by atoms with van der Waals surface area (Å²) in [7, 11) is 0. The molecule has 5 nitrogen and oxygen atoms in total. The Bertz CT molecular complexity index is 642. The normalized spacial score (nSPS) is 21.1. The molecule has 2 atom stereocenters. The number of benzene rings is 1. The number of carbonyl (C=O) groups excluding carboxylic acids is 2. The summed E-state index contributed by atoms with van der Waals surface area (Å²) in [5.74, 6) is -0.503. The Morgan fingerprint density at radius 1 is 1.24 bits per heavy atom. The molecule has 1 fully saturated rings. The largest absolute Gasteiger partial charge is 0.288 e. The van der Waals surface area contributed by atoms with Crippen molar-refractivity contribution in [2.45, 2.75) is 19.1 Å². The Hall–Kier alpha value is -2.18. The fourth-order valence-corrected chi connectivity index (χ4v) is 3.23. The monoisotopic (exact) mass is 302 g/mol. The minimum atomic E-state index is -0.705. The van der Waals surface area contributed by atoms with Crippen LogP contribution in [-0.2, 0) is 14.4 Å². The lowest BCUT2D eigenvalue weighted by Gasteiger charge is -2.27. The molecule has 108 valence electrons. The van der Waals surface area contributed by atoms with Gasteiger partial charge >= 0.3 is 0 Å². The molecule has 0 spiro atoms. The summed E-state index contributed by atoms with van der Waals surface area (Å²) >= 11 is 1.42. The number of rotatable bonds is 3. The van der Waals surface area contributed by atoms with Crippen LogP contribution in [0.2, 0.25) is 0 Å². The highest BCUT2D eigenvalue weighted by Gasteiger charge is 2.43. The Morgan fingerprint density at radius 3 is 2.62 bits per heavy atom. The van der Waals surface area contributed by atoms with E-state index in [2.05, 4.69) is 5.48 Å².